The average molecular weight is 906 g/mol. The second kappa shape index (κ2) is 17.3. The number of pyridine rings is 1. The lowest BCUT2D eigenvalue weighted by Gasteiger charge is -2.35. The van der Waals surface area contributed by atoms with Gasteiger partial charge < -0.3 is 34.5 Å². The molecular weight excluding hydrogens is 848 g/mol. The van der Waals surface area contributed by atoms with Crippen molar-refractivity contribution in [1.82, 2.24) is 25.2 Å². The van der Waals surface area contributed by atoms with Crippen LogP contribution < -0.4 is 29.6 Å². The summed E-state index contributed by atoms with van der Waals surface area (Å²) in [5.74, 6) is -6.01. The molecule has 4 amide bonds. The molecule has 2 aliphatic carbocycles. The fourth-order valence-corrected chi connectivity index (χ4v) is 10.3. The second-order valence-electron chi connectivity index (χ2n) is 18.5. The quantitative estimate of drug-likeness (QED) is 0.236. The van der Waals surface area contributed by atoms with E-state index in [1.165, 1.54) is 4.90 Å². The topological polar surface area (TPSA) is 192 Å². The summed E-state index contributed by atoms with van der Waals surface area (Å²) in [7, 11) is -2.91. The van der Waals surface area contributed by atoms with Crippen molar-refractivity contribution in [2.45, 2.75) is 139 Å². The molecule has 63 heavy (non-hydrogen) atoms. The van der Waals surface area contributed by atoms with Crippen molar-refractivity contribution >= 4 is 44.6 Å². The van der Waals surface area contributed by atoms with Gasteiger partial charge in [0.05, 0.1) is 20.3 Å². The van der Waals surface area contributed by atoms with Gasteiger partial charge in [-0.2, -0.15) is 4.98 Å². The van der Waals surface area contributed by atoms with E-state index in [1.54, 1.807) is 25.3 Å². The SMILES string of the molecule is CC[C@@H]1C[C@H](C)CC/C=C\[C@@H]2C[C@@]2(C(=O)NS(=O)(=O)C2(CF)CC2)NC(=O)[C@@H]2C[C@@H](Oc3nc4c(c5cc(OC)ccc35)CCCO4)CN2C(=O)[C@H]1NC(=O)OC(C)(C)C(C)(F)F. The van der Waals surface area contributed by atoms with Gasteiger partial charge in [0.15, 0.2) is 5.60 Å². The molecule has 15 nitrogen and oxygen atoms in total. The highest BCUT2D eigenvalue weighted by molar-refractivity contribution is 7.91. The maximum absolute atomic E-state index is 15.1. The van der Waals surface area contributed by atoms with Gasteiger partial charge in [-0.15, -0.1) is 0 Å². The molecule has 7 rings (SSSR count). The van der Waals surface area contributed by atoms with Crippen molar-refractivity contribution < 1.29 is 59.7 Å². The van der Waals surface area contributed by atoms with Gasteiger partial charge in [0, 0.05) is 30.2 Å². The summed E-state index contributed by atoms with van der Waals surface area (Å²) >= 11 is 0. The van der Waals surface area contributed by atoms with Crippen LogP contribution in [-0.2, 0) is 35.6 Å². The third-order valence-corrected chi connectivity index (χ3v) is 15.7. The van der Waals surface area contributed by atoms with Gasteiger partial charge in [-0.25, -0.2) is 26.4 Å². The van der Waals surface area contributed by atoms with E-state index in [-0.39, 0.29) is 44.0 Å². The standard InChI is InChI=1S/C44H58F3N5O10S/c1-7-26-19-25(2)11-8-9-12-27-22-44(27,39(55)51-63(57,58)43(24-45)16-17-43)50-35(53)33-21-29(23-52(33)38(54)34(26)48-40(56)62-41(3,4)42(5,46)47)61-37-31-15-14-28(59-6)20-32(31)30-13-10-18-60-36(30)49-37/h9,12,14-15,20,25-27,29,33-34H,7-8,10-11,13,16-19,21-24H2,1-6H3,(H,48,56)(H,50,53)(H,51,55)/b12-9-/t25-,26-,27-,29-,33+,34+,44-/m1/s1. The molecule has 5 aliphatic rings. The minimum absolute atomic E-state index is 0.0171. The van der Waals surface area contributed by atoms with E-state index < -0.39 is 92.3 Å². The maximum Gasteiger partial charge on any atom is 0.408 e. The normalized spacial score (nSPS) is 29.0. The van der Waals surface area contributed by atoms with Crippen LogP contribution in [0, 0.1) is 17.8 Å². The fraction of sp³-hybridized carbons (Fsp3) is 0.659. The van der Waals surface area contributed by atoms with Crippen LogP contribution in [0.5, 0.6) is 17.5 Å². The lowest BCUT2D eigenvalue weighted by atomic mass is 9.85. The van der Waals surface area contributed by atoms with Crippen LogP contribution in [-0.4, -0.2) is 109 Å². The number of nitrogens with one attached hydrogen (secondary N) is 3. The number of amides is 4. The van der Waals surface area contributed by atoms with E-state index in [1.807, 2.05) is 26.0 Å². The van der Waals surface area contributed by atoms with Crippen LogP contribution in [0.25, 0.3) is 10.8 Å². The Labute approximate surface area is 365 Å². The first-order valence-corrected chi connectivity index (χ1v) is 23.3. The van der Waals surface area contributed by atoms with Crippen molar-refractivity contribution in [2.75, 3.05) is 26.9 Å². The van der Waals surface area contributed by atoms with E-state index >= 15 is 4.79 Å². The molecule has 0 bridgehead atoms. The maximum atomic E-state index is 15.1. The van der Waals surface area contributed by atoms with Crippen LogP contribution in [0.1, 0.15) is 98.0 Å². The molecule has 346 valence electrons. The Morgan fingerprint density at radius 3 is 2.54 bits per heavy atom. The number of carbonyl (C=O) groups excluding carboxylic acids is 4. The number of sulfonamides is 1. The Kier molecular flexibility index (Phi) is 12.7. The van der Waals surface area contributed by atoms with Gasteiger partial charge in [0.2, 0.25) is 33.6 Å². The number of rotatable bonds is 11. The number of carbonyl (C=O) groups is 4. The molecule has 3 aliphatic heterocycles. The summed E-state index contributed by atoms with van der Waals surface area (Å²) in [6.07, 6.45) is 4.90. The average Bonchev–Trinajstić information content (AvgIpc) is 4.14. The number of allylic oxidation sites excluding steroid dienone is 1. The van der Waals surface area contributed by atoms with Crippen molar-refractivity contribution in [3.8, 4) is 17.5 Å². The smallest absolute Gasteiger partial charge is 0.408 e. The molecule has 1 aromatic heterocycles. The summed E-state index contributed by atoms with van der Waals surface area (Å²) in [5, 5.41) is 6.80. The molecule has 19 heteroatoms. The summed E-state index contributed by atoms with van der Waals surface area (Å²) in [4.78, 5) is 63.4. The number of alkyl halides is 3. The Bertz CT molecular complexity index is 2270. The minimum atomic E-state index is -4.46. The molecule has 0 unspecified atom stereocenters. The molecule has 0 spiro atoms. The molecule has 2 aromatic rings. The molecule has 2 saturated carbocycles. The van der Waals surface area contributed by atoms with Crippen molar-refractivity contribution in [3.63, 3.8) is 0 Å². The summed E-state index contributed by atoms with van der Waals surface area (Å²) in [6.45, 7) is 5.62. The number of benzene rings is 1. The number of halogens is 3. The Morgan fingerprint density at radius 2 is 1.87 bits per heavy atom. The Morgan fingerprint density at radius 1 is 1.13 bits per heavy atom. The van der Waals surface area contributed by atoms with Gasteiger partial charge in [0.25, 0.3) is 11.8 Å². The zero-order chi connectivity index (χ0) is 45.7. The van der Waals surface area contributed by atoms with Crippen LogP contribution in [0.3, 0.4) is 0 Å². The second-order valence-corrected chi connectivity index (χ2v) is 20.6. The van der Waals surface area contributed by atoms with Crippen LogP contribution in [0.15, 0.2) is 30.4 Å². The van der Waals surface area contributed by atoms with Gasteiger partial charge in [-0.3, -0.25) is 19.1 Å². The third kappa shape index (κ3) is 9.12. The number of methoxy groups -OCH3 is 1. The lowest BCUT2D eigenvalue weighted by Crippen LogP contribution is -2.60. The zero-order valence-electron chi connectivity index (χ0n) is 36.6. The first kappa shape index (κ1) is 46.2. The van der Waals surface area contributed by atoms with E-state index in [0.29, 0.717) is 62.7 Å². The van der Waals surface area contributed by atoms with E-state index in [9.17, 15) is 36.0 Å². The molecular formula is C44H58F3N5O10S. The minimum Gasteiger partial charge on any atom is -0.497 e. The van der Waals surface area contributed by atoms with Crippen LogP contribution in [0.2, 0.25) is 0 Å². The number of fused-ring (bicyclic) bond motifs is 5. The predicted octanol–water partition coefficient (Wildman–Crippen LogP) is 5.67. The van der Waals surface area contributed by atoms with Gasteiger partial charge >= 0.3 is 6.09 Å². The summed E-state index contributed by atoms with van der Waals surface area (Å²) < 4.78 is 93.2. The lowest BCUT2D eigenvalue weighted by molar-refractivity contribution is -0.152. The molecule has 4 heterocycles. The number of nitrogens with zero attached hydrogens (tertiary/aromatic N) is 2. The van der Waals surface area contributed by atoms with Crippen LogP contribution >= 0.6 is 0 Å². The Balaban J connectivity index is 1.26. The molecule has 7 atom stereocenters. The highest BCUT2D eigenvalue weighted by Gasteiger charge is 2.64. The van der Waals surface area contributed by atoms with Crippen molar-refractivity contribution in [2.24, 2.45) is 17.8 Å². The predicted molar refractivity (Wildman–Crippen MR) is 225 cm³/mol. The van der Waals surface area contributed by atoms with Gasteiger partial charge in [-0.05, 0) is 101 Å². The summed E-state index contributed by atoms with van der Waals surface area (Å²) in [6, 6.07) is 2.71. The first-order valence-electron chi connectivity index (χ1n) is 21.8. The van der Waals surface area contributed by atoms with E-state index in [0.717, 1.165) is 31.2 Å². The largest absolute Gasteiger partial charge is 0.497 e. The Hall–Kier alpha value is -4.81. The van der Waals surface area contributed by atoms with Gasteiger partial charge in [-0.1, -0.05) is 32.4 Å². The monoisotopic (exact) mass is 905 g/mol. The molecule has 0 radical (unpaired) electrons. The number of alkyl carbamates (subject to hydrolysis) is 1. The number of hydrogen-bond acceptors (Lipinski definition) is 11. The van der Waals surface area contributed by atoms with Crippen LogP contribution in [0.4, 0.5) is 18.0 Å². The van der Waals surface area contributed by atoms with Gasteiger partial charge in [0.1, 0.15) is 40.9 Å². The molecule has 3 N–H and O–H groups in total. The number of ether oxygens (including phenoxy) is 4. The molecule has 3 fully saturated rings. The van der Waals surface area contributed by atoms with Crippen molar-refractivity contribution in [3.05, 3.63) is 35.9 Å². The highest BCUT2D eigenvalue weighted by atomic mass is 32.2. The summed E-state index contributed by atoms with van der Waals surface area (Å²) in [5.41, 5.74) is -3.12. The van der Waals surface area contributed by atoms with E-state index in [2.05, 4.69) is 15.4 Å². The first-order chi connectivity index (χ1) is 29.7. The third-order valence-electron chi connectivity index (χ3n) is 13.6. The zero-order valence-corrected chi connectivity index (χ0v) is 37.4. The fourth-order valence-electron chi connectivity index (χ4n) is 8.90. The number of aromatic nitrogens is 1. The molecule has 1 aromatic carbocycles. The number of aryl methyl sites for hydroxylation is 1. The molecule has 1 saturated heterocycles. The number of hydrogen-bond donors (Lipinski definition) is 3. The van der Waals surface area contributed by atoms with Crippen molar-refractivity contribution in [1.29, 1.82) is 0 Å². The highest BCUT2D eigenvalue weighted by Crippen LogP contribution is 2.48. The van der Waals surface area contributed by atoms with E-state index in [4.69, 9.17) is 23.9 Å².